The number of hydrogen-bond donors (Lipinski definition) is 3. The molecular formula is C13H18N2O2. The zero-order chi connectivity index (χ0) is 12.6. The molecule has 0 saturated heterocycles. The van der Waals surface area contributed by atoms with Crippen LogP contribution in [0.15, 0.2) is 12.1 Å². The Balaban J connectivity index is 2.28. The Hall–Kier alpha value is -1.39. The summed E-state index contributed by atoms with van der Waals surface area (Å²) < 4.78 is 0. The smallest absolute Gasteiger partial charge is 0.246 e. The Kier molecular flexibility index (Phi) is 3.17. The van der Waals surface area contributed by atoms with Crippen LogP contribution < -0.4 is 10.6 Å². The van der Waals surface area contributed by atoms with E-state index in [0.29, 0.717) is 6.54 Å². The maximum Gasteiger partial charge on any atom is 0.246 e. The molecule has 2 unspecified atom stereocenters. The molecule has 1 aromatic rings. The fraction of sp³-hybridized carbons (Fsp3) is 0.462. The molecule has 1 amide bonds. The first kappa shape index (κ1) is 12.1. The van der Waals surface area contributed by atoms with Gasteiger partial charge in [0.25, 0.3) is 0 Å². The molecule has 1 heterocycles. The lowest BCUT2D eigenvalue weighted by atomic mass is 10.0. The average molecular weight is 234 g/mol. The van der Waals surface area contributed by atoms with Crippen LogP contribution in [-0.2, 0) is 4.79 Å². The van der Waals surface area contributed by atoms with Gasteiger partial charge in [0.15, 0.2) is 0 Å². The molecule has 2 rings (SSSR count). The van der Waals surface area contributed by atoms with Crippen LogP contribution in [0.1, 0.15) is 29.7 Å². The number of carbonyl (C=O) groups is 1. The lowest BCUT2D eigenvalue weighted by Gasteiger charge is -2.13. The van der Waals surface area contributed by atoms with E-state index in [1.165, 1.54) is 5.56 Å². The van der Waals surface area contributed by atoms with Gasteiger partial charge >= 0.3 is 0 Å². The molecule has 0 fully saturated rings. The normalized spacial score (nSPS) is 20.0. The van der Waals surface area contributed by atoms with Gasteiger partial charge in [-0.25, -0.2) is 0 Å². The van der Waals surface area contributed by atoms with Crippen molar-refractivity contribution in [1.29, 1.82) is 0 Å². The van der Waals surface area contributed by atoms with Crippen molar-refractivity contribution in [1.82, 2.24) is 5.32 Å². The van der Waals surface area contributed by atoms with Crippen molar-refractivity contribution < 1.29 is 9.90 Å². The molecular weight excluding hydrogens is 216 g/mol. The Morgan fingerprint density at radius 1 is 1.47 bits per heavy atom. The van der Waals surface area contributed by atoms with Gasteiger partial charge in [-0.3, -0.25) is 10.1 Å². The summed E-state index contributed by atoms with van der Waals surface area (Å²) in [5.74, 6) is -0.0469. The average Bonchev–Trinajstić information content (AvgIpc) is 2.58. The third-order valence-corrected chi connectivity index (χ3v) is 3.21. The maximum absolute atomic E-state index is 11.9. The molecule has 0 bridgehead atoms. The fourth-order valence-corrected chi connectivity index (χ4v) is 2.07. The van der Waals surface area contributed by atoms with E-state index in [-0.39, 0.29) is 11.9 Å². The van der Waals surface area contributed by atoms with Crippen molar-refractivity contribution in [3.05, 3.63) is 28.8 Å². The van der Waals surface area contributed by atoms with E-state index < -0.39 is 6.10 Å². The number of hydrogen-bond acceptors (Lipinski definition) is 3. The molecule has 3 N–H and O–H groups in total. The molecule has 0 spiro atoms. The summed E-state index contributed by atoms with van der Waals surface area (Å²) in [6, 6.07) is 3.64. The van der Waals surface area contributed by atoms with Gasteiger partial charge in [0, 0.05) is 17.8 Å². The van der Waals surface area contributed by atoms with Crippen molar-refractivity contribution in [3.63, 3.8) is 0 Å². The number of rotatable bonds is 3. The summed E-state index contributed by atoms with van der Waals surface area (Å²) in [5.41, 5.74) is 4.16. The van der Waals surface area contributed by atoms with Crippen LogP contribution in [0.3, 0.4) is 0 Å². The number of aryl methyl sites for hydroxylation is 1. The van der Waals surface area contributed by atoms with Crippen molar-refractivity contribution in [2.24, 2.45) is 0 Å². The highest BCUT2D eigenvalue weighted by atomic mass is 16.3. The molecule has 92 valence electrons. The van der Waals surface area contributed by atoms with Crippen molar-refractivity contribution in [2.45, 2.75) is 32.9 Å². The van der Waals surface area contributed by atoms with E-state index in [1.807, 2.05) is 26.0 Å². The summed E-state index contributed by atoms with van der Waals surface area (Å²) >= 11 is 0. The van der Waals surface area contributed by atoms with E-state index in [4.69, 9.17) is 0 Å². The van der Waals surface area contributed by atoms with Gasteiger partial charge < -0.3 is 10.4 Å². The molecule has 1 aliphatic rings. The van der Waals surface area contributed by atoms with Crippen LogP contribution in [0.5, 0.6) is 0 Å². The van der Waals surface area contributed by atoms with Crippen LogP contribution in [0.2, 0.25) is 0 Å². The lowest BCUT2D eigenvalue weighted by Crippen LogP contribution is -2.32. The van der Waals surface area contributed by atoms with Gasteiger partial charge in [-0.15, -0.1) is 0 Å². The monoisotopic (exact) mass is 234 g/mol. The summed E-state index contributed by atoms with van der Waals surface area (Å²) in [6.45, 7) is 6.13. The number of nitrogens with one attached hydrogen (secondary N) is 2. The van der Waals surface area contributed by atoms with Crippen LogP contribution >= 0.6 is 0 Å². The number of anilines is 1. The number of amides is 1. The van der Waals surface area contributed by atoms with Crippen LogP contribution in [0.4, 0.5) is 5.69 Å². The van der Waals surface area contributed by atoms with Crippen LogP contribution in [-0.4, -0.2) is 23.7 Å². The zero-order valence-corrected chi connectivity index (χ0v) is 10.4. The van der Waals surface area contributed by atoms with E-state index in [2.05, 4.69) is 10.6 Å². The fourth-order valence-electron chi connectivity index (χ4n) is 2.07. The SMILES string of the molecule is Cc1ccc2c(c1C)NC(=O)C2NCC(C)O. The molecule has 0 radical (unpaired) electrons. The highest BCUT2D eigenvalue weighted by molar-refractivity contribution is 6.03. The Morgan fingerprint density at radius 2 is 2.18 bits per heavy atom. The summed E-state index contributed by atoms with van der Waals surface area (Å²) in [6.07, 6.45) is -0.460. The molecule has 17 heavy (non-hydrogen) atoms. The second-order valence-electron chi connectivity index (χ2n) is 4.65. The molecule has 1 aromatic carbocycles. The zero-order valence-electron chi connectivity index (χ0n) is 10.4. The second kappa shape index (κ2) is 4.47. The lowest BCUT2D eigenvalue weighted by molar-refractivity contribution is -0.117. The van der Waals surface area contributed by atoms with Gasteiger partial charge in [0.05, 0.1) is 6.10 Å². The van der Waals surface area contributed by atoms with Crippen LogP contribution in [0, 0.1) is 13.8 Å². The van der Waals surface area contributed by atoms with Gasteiger partial charge in [-0.2, -0.15) is 0 Å². The number of benzene rings is 1. The summed E-state index contributed by atoms with van der Waals surface area (Å²) in [4.78, 5) is 11.9. The van der Waals surface area contributed by atoms with Gasteiger partial charge in [-0.05, 0) is 31.9 Å². The number of aliphatic hydroxyl groups is 1. The summed E-state index contributed by atoms with van der Waals surface area (Å²) in [7, 11) is 0. The van der Waals surface area contributed by atoms with Crippen molar-refractivity contribution in [3.8, 4) is 0 Å². The third-order valence-electron chi connectivity index (χ3n) is 3.21. The predicted octanol–water partition coefficient (Wildman–Crippen LogP) is 1.27. The molecule has 0 aromatic heterocycles. The van der Waals surface area contributed by atoms with E-state index in [9.17, 15) is 9.90 Å². The largest absolute Gasteiger partial charge is 0.392 e. The van der Waals surface area contributed by atoms with E-state index in [0.717, 1.165) is 16.8 Å². The van der Waals surface area contributed by atoms with Gasteiger partial charge in [0.1, 0.15) is 6.04 Å². The highest BCUT2D eigenvalue weighted by Gasteiger charge is 2.31. The van der Waals surface area contributed by atoms with E-state index >= 15 is 0 Å². The minimum absolute atomic E-state index is 0.0469. The molecule has 0 aliphatic carbocycles. The Labute approximate surface area is 101 Å². The first-order valence-corrected chi connectivity index (χ1v) is 5.83. The third kappa shape index (κ3) is 2.18. The Bertz CT molecular complexity index is 455. The summed E-state index contributed by atoms with van der Waals surface area (Å²) in [5, 5.41) is 15.2. The molecule has 0 saturated carbocycles. The Morgan fingerprint density at radius 3 is 2.82 bits per heavy atom. The van der Waals surface area contributed by atoms with Crippen molar-refractivity contribution in [2.75, 3.05) is 11.9 Å². The standard InChI is InChI=1S/C13H18N2O2/c1-7-4-5-10-11(9(7)3)15-13(17)12(10)14-6-8(2)16/h4-5,8,12,14,16H,6H2,1-3H3,(H,15,17). The second-order valence-corrected chi connectivity index (χ2v) is 4.65. The van der Waals surface area contributed by atoms with E-state index in [1.54, 1.807) is 6.92 Å². The molecule has 4 heteroatoms. The first-order chi connectivity index (χ1) is 8.00. The maximum atomic E-state index is 11.9. The molecule has 2 atom stereocenters. The highest BCUT2D eigenvalue weighted by Crippen LogP contribution is 2.34. The van der Waals surface area contributed by atoms with Crippen LogP contribution in [0.25, 0.3) is 0 Å². The minimum atomic E-state index is -0.460. The quantitative estimate of drug-likeness (QED) is 0.738. The van der Waals surface area contributed by atoms with Crippen molar-refractivity contribution >= 4 is 11.6 Å². The molecule has 1 aliphatic heterocycles. The van der Waals surface area contributed by atoms with Gasteiger partial charge in [-0.1, -0.05) is 12.1 Å². The predicted molar refractivity (Wildman–Crippen MR) is 67.0 cm³/mol. The molecule has 4 nitrogen and oxygen atoms in total. The topological polar surface area (TPSA) is 61.4 Å². The number of aliphatic hydroxyl groups excluding tert-OH is 1. The van der Waals surface area contributed by atoms with Gasteiger partial charge in [0.2, 0.25) is 5.91 Å². The first-order valence-electron chi connectivity index (χ1n) is 5.83. The number of carbonyl (C=O) groups excluding carboxylic acids is 1. The minimum Gasteiger partial charge on any atom is -0.392 e. The number of fused-ring (bicyclic) bond motifs is 1.